The smallest absolute Gasteiger partial charge is 0.0594 e. The van der Waals surface area contributed by atoms with Gasteiger partial charge in [-0.05, 0) is 30.5 Å². The Morgan fingerprint density at radius 3 is 2.87 bits per heavy atom. The van der Waals surface area contributed by atoms with Gasteiger partial charge in [0.15, 0.2) is 0 Å². The monoisotopic (exact) mass is 334 g/mol. The van der Waals surface area contributed by atoms with Crippen LogP contribution in [0.1, 0.15) is 16.5 Å². The number of hydrogen-bond donors (Lipinski definition) is 0. The van der Waals surface area contributed by atoms with Crippen LogP contribution in [0.15, 0.2) is 29.9 Å². The molecular formula is C17H26N4OS. The molecule has 3 rings (SSSR count). The van der Waals surface area contributed by atoms with E-state index in [1.165, 1.54) is 10.4 Å². The van der Waals surface area contributed by atoms with Crippen molar-refractivity contribution in [3.8, 4) is 0 Å². The highest BCUT2D eigenvalue weighted by atomic mass is 32.1. The molecule has 0 bridgehead atoms. The van der Waals surface area contributed by atoms with E-state index in [1.54, 1.807) is 0 Å². The van der Waals surface area contributed by atoms with Crippen molar-refractivity contribution in [1.82, 2.24) is 19.6 Å². The average molecular weight is 334 g/mol. The zero-order valence-electron chi connectivity index (χ0n) is 14.0. The molecule has 0 amide bonds. The summed E-state index contributed by atoms with van der Waals surface area (Å²) in [5, 5.41) is 6.43. The number of ether oxygens (including phenoxy) is 1. The summed E-state index contributed by atoms with van der Waals surface area (Å²) in [6, 6.07) is 4.89. The number of morpholine rings is 1. The summed E-state index contributed by atoms with van der Waals surface area (Å²) in [6.45, 7) is 5.86. The molecule has 0 N–H and O–H groups in total. The summed E-state index contributed by atoms with van der Waals surface area (Å²) in [4.78, 5) is 6.46. The molecule has 1 atom stereocenters. The van der Waals surface area contributed by atoms with Crippen molar-refractivity contribution in [1.29, 1.82) is 0 Å². The second-order valence-electron chi connectivity index (χ2n) is 6.21. The van der Waals surface area contributed by atoms with Crippen molar-refractivity contribution in [2.75, 3.05) is 46.4 Å². The molecule has 1 saturated heterocycles. The molecule has 3 heterocycles. The van der Waals surface area contributed by atoms with Gasteiger partial charge in [-0.2, -0.15) is 5.10 Å². The van der Waals surface area contributed by atoms with Gasteiger partial charge in [-0.15, -0.1) is 11.3 Å². The Morgan fingerprint density at radius 1 is 1.39 bits per heavy atom. The summed E-state index contributed by atoms with van der Waals surface area (Å²) in [5.41, 5.74) is 1.30. The topological polar surface area (TPSA) is 33.5 Å². The lowest BCUT2D eigenvalue weighted by molar-refractivity contribution is 0.0102. The Labute approximate surface area is 142 Å². The first-order valence-corrected chi connectivity index (χ1v) is 9.11. The minimum atomic E-state index is 0.470. The largest absolute Gasteiger partial charge is 0.379 e. The van der Waals surface area contributed by atoms with Crippen molar-refractivity contribution in [2.45, 2.75) is 12.5 Å². The average Bonchev–Trinajstić information content (AvgIpc) is 3.23. The van der Waals surface area contributed by atoms with Crippen molar-refractivity contribution in [3.63, 3.8) is 0 Å². The molecule has 1 aliphatic heterocycles. The summed E-state index contributed by atoms with van der Waals surface area (Å²) >= 11 is 1.86. The summed E-state index contributed by atoms with van der Waals surface area (Å²) < 4.78 is 7.39. The van der Waals surface area contributed by atoms with Gasteiger partial charge in [0.25, 0.3) is 0 Å². The molecule has 1 aliphatic rings. The maximum Gasteiger partial charge on any atom is 0.0594 e. The molecule has 0 spiro atoms. The fourth-order valence-corrected chi connectivity index (χ4v) is 3.91. The summed E-state index contributed by atoms with van der Waals surface area (Å²) in [7, 11) is 4.19. The quantitative estimate of drug-likeness (QED) is 0.776. The number of thiophene rings is 1. The van der Waals surface area contributed by atoms with E-state index in [-0.39, 0.29) is 0 Å². The molecule has 126 valence electrons. The van der Waals surface area contributed by atoms with Crippen LogP contribution in [0.5, 0.6) is 0 Å². The van der Waals surface area contributed by atoms with Gasteiger partial charge in [-0.3, -0.25) is 9.58 Å². The molecular weight excluding hydrogens is 308 g/mol. The highest BCUT2D eigenvalue weighted by Gasteiger charge is 2.24. The third-order valence-electron chi connectivity index (χ3n) is 4.38. The van der Waals surface area contributed by atoms with Crippen LogP contribution in [-0.2, 0) is 18.2 Å². The first-order valence-electron chi connectivity index (χ1n) is 8.23. The number of hydrogen-bond acceptors (Lipinski definition) is 5. The Kier molecular flexibility index (Phi) is 5.83. The Morgan fingerprint density at radius 2 is 2.22 bits per heavy atom. The van der Waals surface area contributed by atoms with Gasteiger partial charge in [-0.25, -0.2) is 0 Å². The van der Waals surface area contributed by atoms with Gasteiger partial charge in [0.1, 0.15) is 0 Å². The minimum Gasteiger partial charge on any atom is -0.379 e. The third kappa shape index (κ3) is 4.64. The van der Waals surface area contributed by atoms with Gasteiger partial charge in [0.05, 0.1) is 25.5 Å². The Hall–Kier alpha value is -1.21. The second kappa shape index (κ2) is 8.06. The van der Waals surface area contributed by atoms with Crippen molar-refractivity contribution < 1.29 is 4.74 Å². The Bertz CT molecular complexity index is 577. The van der Waals surface area contributed by atoms with Crippen LogP contribution in [-0.4, -0.2) is 66.0 Å². The fourth-order valence-electron chi connectivity index (χ4n) is 3.06. The van der Waals surface area contributed by atoms with Crippen molar-refractivity contribution in [2.24, 2.45) is 7.05 Å². The minimum absolute atomic E-state index is 0.470. The number of rotatable bonds is 7. The van der Waals surface area contributed by atoms with Crippen molar-refractivity contribution in [3.05, 3.63) is 40.3 Å². The molecule has 1 unspecified atom stereocenters. The van der Waals surface area contributed by atoms with E-state index in [1.807, 2.05) is 29.3 Å². The number of aryl methyl sites for hydroxylation is 1. The lowest BCUT2D eigenvalue weighted by Crippen LogP contribution is -2.43. The highest BCUT2D eigenvalue weighted by Crippen LogP contribution is 2.26. The Balaban J connectivity index is 1.58. The van der Waals surface area contributed by atoms with E-state index in [0.717, 1.165) is 45.8 Å². The molecule has 2 aromatic heterocycles. The standard InChI is InChI=1S/C17H26N4OS/c1-19(6-5-15-12-18-20(2)13-15)14-16(17-4-3-11-23-17)21-7-9-22-10-8-21/h3-4,11-13,16H,5-10,14H2,1-2H3. The van der Waals surface area contributed by atoms with Crippen LogP contribution in [0.4, 0.5) is 0 Å². The van der Waals surface area contributed by atoms with Gasteiger partial charge in [0, 0.05) is 44.3 Å². The van der Waals surface area contributed by atoms with Crippen LogP contribution < -0.4 is 0 Å². The molecule has 1 fully saturated rings. The van der Waals surface area contributed by atoms with Gasteiger partial charge in [-0.1, -0.05) is 6.07 Å². The van der Waals surface area contributed by atoms with E-state index in [4.69, 9.17) is 4.74 Å². The molecule has 2 aromatic rings. The number of likely N-dealkylation sites (N-methyl/N-ethyl adjacent to an activating group) is 1. The molecule has 0 saturated carbocycles. The van der Waals surface area contributed by atoms with E-state index in [0.29, 0.717) is 6.04 Å². The van der Waals surface area contributed by atoms with Gasteiger partial charge < -0.3 is 9.64 Å². The molecule has 6 heteroatoms. The zero-order valence-corrected chi connectivity index (χ0v) is 14.8. The first-order chi connectivity index (χ1) is 11.2. The molecule has 0 radical (unpaired) electrons. The fraction of sp³-hybridized carbons (Fsp3) is 0.588. The van der Waals surface area contributed by atoms with Crippen molar-refractivity contribution >= 4 is 11.3 Å². The zero-order chi connectivity index (χ0) is 16.1. The third-order valence-corrected chi connectivity index (χ3v) is 5.36. The lowest BCUT2D eigenvalue weighted by atomic mass is 10.1. The number of nitrogens with zero attached hydrogens (tertiary/aromatic N) is 4. The SMILES string of the molecule is CN(CCc1cnn(C)c1)CC(c1cccs1)N1CCOCC1. The molecule has 0 aromatic carbocycles. The van der Waals surface area contributed by atoms with E-state index in [2.05, 4.69) is 45.7 Å². The van der Waals surface area contributed by atoms with Gasteiger partial charge >= 0.3 is 0 Å². The normalized spacial score (nSPS) is 17.7. The molecule has 23 heavy (non-hydrogen) atoms. The van der Waals surface area contributed by atoms with Crippen LogP contribution in [0.25, 0.3) is 0 Å². The first kappa shape index (κ1) is 16.6. The highest BCUT2D eigenvalue weighted by molar-refractivity contribution is 7.10. The summed E-state index contributed by atoms with van der Waals surface area (Å²) in [6.07, 6.45) is 5.11. The second-order valence-corrected chi connectivity index (χ2v) is 7.19. The maximum atomic E-state index is 5.52. The van der Waals surface area contributed by atoms with E-state index in [9.17, 15) is 0 Å². The molecule has 5 nitrogen and oxygen atoms in total. The van der Waals surface area contributed by atoms with Crippen LogP contribution in [0, 0.1) is 0 Å². The molecule has 0 aliphatic carbocycles. The predicted molar refractivity (Wildman–Crippen MR) is 93.9 cm³/mol. The summed E-state index contributed by atoms with van der Waals surface area (Å²) in [5.74, 6) is 0. The van der Waals surface area contributed by atoms with Gasteiger partial charge in [0.2, 0.25) is 0 Å². The van der Waals surface area contributed by atoms with E-state index < -0.39 is 0 Å². The van der Waals surface area contributed by atoms with Crippen LogP contribution in [0.2, 0.25) is 0 Å². The predicted octanol–water partition coefficient (Wildman–Crippen LogP) is 2.03. The lowest BCUT2D eigenvalue weighted by Gasteiger charge is -2.36. The van der Waals surface area contributed by atoms with E-state index >= 15 is 0 Å². The number of aromatic nitrogens is 2. The maximum absolute atomic E-state index is 5.52. The van der Waals surface area contributed by atoms with Crippen LogP contribution in [0.3, 0.4) is 0 Å². The van der Waals surface area contributed by atoms with Crippen LogP contribution >= 0.6 is 11.3 Å².